The molecule has 0 aliphatic heterocycles. The van der Waals surface area contributed by atoms with E-state index in [0.29, 0.717) is 0 Å². The molecule has 0 saturated carbocycles. The molecule has 0 fully saturated rings. The standard InChI is InChI=1S/C7H5BrF2N2O3/c8-3-1-5(12(14)15)6(7(9)10)11-4(3)2-13/h1,7,13H,2H2. The van der Waals surface area contributed by atoms with E-state index < -0.39 is 29.3 Å². The first-order valence-corrected chi connectivity index (χ1v) is 4.49. The second kappa shape index (κ2) is 4.58. The van der Waals surface area contributed by atoms with Gasteiger partial charge in [-0.1, -0.05) is 0 Å². The van der Waals surface area contributed by atoms with Crippen LogP contribution in [0.25, 0.3) is 0 Å². The van der Waals surface area contributed by atoms with Crippen molar-refractivity contribution in [1.82, 2.24) is 4.98 Å². The maximum Gasteiger partial charge on any atom is 0.297 e. The van der Waals surface area contributed by atoms with Gasteiger partial charge in [-0.25, -0.2) is 13.8 Å². The van der Waals surface area contributed by atoms with Crippen LogP contribution in [0.2, 0.25) is 0 Å². The number of nitro groups is 1. The monoisotopic (exact) mass is 282 g/mol. The summed E-state index contributed by atoms with van der Waals surface area (Å²) < 4.78 is 24.9. The Balaban J connectivity index is 3.38. The second-order valence-electron chi connectivity index (χ2n) is 2.54. The van der Waals surface area contributed by atoms with Crippen LogP contribution in [0.5, 0.6) is 0 Å². The van der Waals surface area contributed by atoms with Crippen molar-refractivity contribution < 1.29 is 18.8 Å². The van der Waals surface area contributed by atoms with Gasteiger partial charge in [0.2, 0.25) is 0 Å². The van der Waals surface area contributed by atoms with E-state index in [-0.39, 0.29) is 10.2 Å². The van der Waals surface area contributed by atoms with Gasteiger partial charge in [-0.3, -0.25) is 10.1 Å². The van der Waals surface area contributed by atoms with Crippen molar-refractivity contribution in [2.24, 2.45) is 0 Å². The zero-order chi connectivity index (χ0) is 11.6. The molecule has 0 spiro atoms. The van der Waals surface area contributed by atoms with Crippen molar-refractivity contribution in [3.05, 3.63) is 32.0 Å². The first kappa shape index (κ1) is 11.9. The van der Waals surface area contributed by atoms with E-state index in [4.69, 9.17) is 5.11 Å². The molecule has 0 aliphatic carbocycles. The van der Waals surface area contributed by atoms with Gasteiger partial charge in [0, 0.05) is 10.5 Å². The van der Waals surface area contributed by atoms with Crippen molar-refractivity contribution in [1.29, 1.82) is 0 Å². The molecule has 0 unspecified atom stereocenters. The van der Waals surface area contributed by atoms with Crippen molar-refractivity contribution in [3.8, 4) is 0 Å². The topological polar surface area (TPSA) is 76.3 Å². The molecule has 1 N–H and O–H groups in total. The van der Waals surface area contributed by atoms with Gasteiger partial charge in [-0.15, -0.1) is 0 Å². The maximum absolute atomic E-state index is 12.4. The summed E-state index contributed by atoms with van der Waals surface area (Å²) >= 11 is 2.89. The molecule has 0 bridgehead atoms. The van der Waals surface area contributed by atoms with E-state index in [2.05, 4.69) is 20.9 Å². The molecule has 0 amide bonds. The first-order valence-electron chi connectivity index (χ1n) is 3.70. The van der Waals surface area contributed by atoms with E-state index in [1.165, 1.54) is 0 Å². The highest BCUT2D eigenvalue weighted by atomic mass is 79.9. The van der Waals surface area contributed by atoms with E-state index in [9.17, 15) is 18.9 Å². The Morgan fingerprint density at radius 3 is 2.67 bits per heavy atom. The average Bonchev–Trinajstić information content (AvgIpc) is 2.16. The van der Waals surface area contributed by atoms with Gasteiger partial charge < -0.3 is 5.11 Å². The normalized spacial score (nSPS) is 10.7. The van der Waals surface area contributed by atoms with Gasteiger partial charge in [0.05, 0.1) is 17.2 Å². The largest absolute Gasteiger partial charge is 0.390 e. The molecule has 15 heavy (non-hydrogen) atoms. The Morgan fingerprint density at radius 1 is 1.67 bits per heavy atom. The molecule has 0 atom stereocenters. The number of aromatic nitrogens is 1. The SMILES string of the molecule is O=[N+]([O-])c1cc(Br)c(CO)nc1C(F)F. The van der Waals surface area contributed by atoms with E-state index >= 15 is 0 Å². The Morgan fingerprint density at radius 2 is 2.27 bits per heavy atom. The zero-order valence-electron chi connectivity index (χ0n) is 7.15. The molecular weight excluding hydrogens is 278 g/mol. The van der Waals surface area contributed by atoms with Crippen LogP contribution in [0.3, 0.4) is 0 Å². The summed E-state index contributed by atoms with van der Waals surface area (Å²) in [5, 5.41) is 19.2. The third-order valence-electron chi connectivity index (χ3n) is 1.61. The number of aliphatic hydroxyl groups excluding tert-OH is 1. The third kappa shape index (κ3) is 2.45. The highest BCUT2D eigenvalue weighted by Crippen LogP contribution is 2.31. The van der Waals surface area contributed by atoms with Gasteiger partial charge in [-0.05, 0) is 15.9 Å². The molecule has 1 aromatic rings. The van der Waals surface area contributed by atoms with Crippen molar-refractivity contribution in [2.45, 2.75) is 13.0 Å². The Kier molecular flexibility index (Phi) is 3.64. The fourth-order valence-corrected chi connectivity index (χ4v) is 1.38. The van der Waals surface area contributed by atoms with E-state index in [0.717, 1.165) is 6.07 Å². The summed E-state index contributed by atoms with van der Waals surface area (Å²) in [7, 11) is 0. The lowest BCUT2D eigenvalue weighted by molar-refractivity contribution is -0.386. The van der Waals surface area contributed by atoms with Crippen molar-refractivity contribution in [3.63, 3.8) is 0 Å². The lowest BCUT2D eigenvalue weighted by atomic mass is 10.2. The van der Waals surface area contributed by atoms with Crippen LogP contribution in [0.15, 0.2) is 10.5 Å². The van der Waals surface area contributed by atoms with Crippen LogP contribution < -0.4 is 0 Å². The predicted molar refractivity (Wildman–Crippen MR) is 49.5 cm³/mol. The Hall–Kier alpha value is -1.15. The second-order valence-corrected chi connectivity index (χ2v) is 3.39. The molecule has 0 aromatic carbocycles. The van der Waals surface area contributed by atoms with Gasteiger partial charge in [0.25, 0.3) is 12.1 Å². The molecule has 0 aliphatic rings. The van der Waals surface area contributed by atoms with Crippen LogP contribution in [0.4, 0.5) is 14.5 Å². The predicted octanol–water partition coefficient (Wildman–Crippen LogP) is 2.18. The molecule has 0 saturated heterocycles. The average molecular weight is 283 g/mol. The quantitative estimate of drug-likeness (QED) is 0.681. The lowest BCUT2D eigenvalue weighted by Crippen LogP contribution is -2.03. The molecule has 1 heterocycles. The number of nitrogens with zero attached hydrogens (tertiary/aromatic N) is 2. The summed E-state index contributed by atoms with van der Waals surface area (Å²) in [5.41, 5.74) is -1.77. The molecule has 1 aromatic heterocycles. The minimum absolute atomic E-state index is 0.0594. The van der Waals surface area contributed by atoms with Gasteiger partial charge >= 0.3 is 0 Å². The molecule has 0 radical (unpaired) electrons. The summed E-state index contributed by atoms with van der Waals surface area (Å²) in [6.45, 7) is -0.571. The van der Waals surface area contributed by atoms with Crippen LogP contribution in [-0.4, -0.2) is 15.0 Å². The number of alkyl halides is 2. The first-order chi connectivity index (χ1) is 6.97. The minimum atomic E-state index is -3.05. The number of aliphatic hydroxyl groups is 1. The lowest BCUT2D eigenvalue weighted by Gasteiger charge is -2.05. The van der Waals surface area contributed by atoms with Crippen LogP contribution in [0.1, 0.15) is 17.8 Å². The highest BCUT2D eigenvalue weighted by Gasteiger charge is 2.25. The van der Waals surface area contributed by atoms with E-state index in [1.54, 1.807) is 0 Å². The minimum Gasteiger partial charge on any atom is -0.390 e. The summed E-state index contributed by atoms with van der Waals surface area (Å²) in [6, 6.07) is 0.903. The van der Waals surface area contributed by atoms with Crippen LogP contribution in [-0.2, 0) is 6.61 Å². The van der Waals surface area contributed by atoms with Gasteiger partial charge in [0.1, 0.15) is 0 Å². The van der Waals surface area contributed by atoms with Gasteiger partial charge in [0.15, 0.2) is 5.69 Å². The highest BCUT2D eigenvalue weighted by molar-refractivity contribution is 9.10. The summed E-state index contributed by atoms with van der Waals surface area (Å²) in [5.74, 6) is 0. The number of pyridine rings is 1. The Labute approximate surface area is 91.0 Å². The molecule has 8 heteroatoms. The zero-order valence-corrected chi connectivity index (χ0v) is 8.74. The smallest absolute Gasteiger partial charge is 0.297 e. The maximum atomic E-state index is 12.4. The van der Waals surface area contributed by atoms with Gasteiger partial charge in [-0.2, -0.15) is 0 Å². The molecular formula is C7H5BrF2N2O3. The van der Waals surface area contributed by atoms with E-state index in [1.807, 2.05) is 0 Å². The fraction of sp³-hybridized carbons (Fsp3) is 0.286. The Bertz CT molecular complexity index is 400. The van der Waals surface area contributed by atoms with Crippen LogP contribution >= 0.6 is 15.9 Å². The third-order valence-corrected chi connectivity index (χ3v) is 2.30. The molecule has 82 valence electrons. The summed E-state index contributed by atoms with van der Waals surface area (Å²) in [6.07, 6.45) is -3.05. The number of hydrogen-bond donors (Lipinski definition) is 1. The number of hydrogen-bond acceptors (Lipinski definition) is 4. The number of rotatable bonds is 3. The van der Waals surface area contributed by atoms with Crippen molar-refractivity contribution in [2.75, 3.05) is 0 Å². The molecule has 5 nitrogen and oxygen atoms in total. The summed E-state index contributed by atoms with van der Waals surface area (Å²) in [4.78, 5) is 12.8. The fourth-order valence-electron chi connectivity index (χ4n) is 0.951. The van der Waals surface area contributed by atoms with Crippen LogP contribution in [0, 0.1) is 10.1 Å². The molecule has 1 rings (SSSR count). The number of halogens is 3. The van der Waals surface area contributed by atoms with Crippen molar-refractivity contribution >= 4 is 21.6 Å².